The largest absolute Gasteiger partial charge is 0.460 e. The van der Waals surface area contributed by atoms with E-state index in [1.807, 2.05) is 0 Å². The van der Waals surface area contributed by atoms with Crippen molar-refractivity contribution >= 4 is 23.4 Å². The van der Waals surface area contributed by atoms with Gasteiger partial charge in [0.25, 0.3) is 5.78 Å². The van der Waals surface area contributed by atoms with E-state index in [9.17, 15) is 9.59 Å². The van der Waals surface area contributed by atoms with E-state index < -0.39 is 11.8 Å². The predicted molar refractivity (Wildman–Crippen MR) is 63.3 cm³/mol. The predicted octanol–water partition coefficient (Wildman–Crippen LogP) is 2.12. The maximum absolute atomic E-state index is 11.9. The van der Waals surface area contributed by atoms with Crippen molar-refractivity contribution in [1.82, 2.24) is 0 Å². The highest BCUT2D eigenvalue weighted by Gasteiger charge is 2.28. The second-order valence-corrected chi connectivity index (χ2v) is 4.05. The number of halogens is 1. The summed E-state index contributed by atoms with van der Waals surface area (Å²) in [5.41, 5.74) is 0.576. The van der Waals surface area contributed by atoms with Crippen LogP contribution < -0.4 is 9.47 Å². The average Bonchev–Trinajstić information content (AvgIpc) is 2.77. The number of fused-ring (bicyclic) bond motifs is 1. The van der Waals surface area contributed by atoms with Crippen molar-refractivity contribution in [2.24, 2.45) is 0 Å². The molecule has 5 nitrogen and oxygen atoms in total. The topological polar surface area (TPSA) is 61.8 Å². The van der Waals surface area contributed by atoms with Gasteiger partial charge in [0, 0.05) is 11.6 Å². The SMILES string of the molecule is CCOC(=O)C(=O)c1c(Cl)cc2c(c1C)OCO2. The van der Waals surface area contributed by atoms with Crippen LogP contribution in [-0.2, 0) is 9.53 Å². The van der Waals surface area contributed by atoms with E-state index in [2.05, 4.69) is 4.74 Å². The lowest BCUT2D eigenvalue weighted by Crippen LogP contribution is -2.19. The second-order valence-electron chi connectivity index (χ2n) is 3.64. The van der Waals surface area contributed by atoms with Crippen LogP contribution in [0.25, 0.3) is 0 Å². The van der Waals surface area contributed by atoms with Gasteiger partial charge in [-0.2, -0.15) is 0 Å². The van der Waals surface area contributed by atoms with Crippen molar-refractivity contribution in [1.29, 1.82) is 0 Å². The van der Waals surface area contributed by atoms with Crippen LogP contribution in [0.4, 0.5) is 0 Å². The fourth-order valence-corrected chi connectivity index (χ4v) is 2.07. The molecule has 0 saturated heterocycles. The van der Waals surface area contributed by atoms with Gasteiger partial charge in [-0.3, -0.25) is 4.79 Å². The molecule has 0 unspecified atom stereocenters. The number of esters is 1. The molecule has 0 N–H and O–H groups in total. The zero-order valence-corrected chi connectivity index (χ0v) is 10.7. The van der Waals surface area contributed by atoms with Crippen LogP contribution in [-0.4, -0.2) is 25.2 Å². The number of hydrogen-bond donors (Lipinski definition) is 0. The van der Waals surface area contributed by atoms with Gasteiger partial charge in [0.05, 0.1) is 17.2 Å². The molecule has 0 spiro atoms. The molecule has 96 valence electrons. The summed E-state index contributed by atoms with van der Waals surface area (Å²) in [7, 11) is 0. The molecule has 18 heavy (non-hydrogen) atoms. The van der Waals surface area contributed by atoms with Crippen LogP contribution in [0.1, 0.15) is 22.8 Å². The third kappa shape index (κ3) is 2.01. The van der Waals surface area contributed by atoms with E-state index >= 15 is 0 Å². The highest BCUT2D eigenvalue weighted by molar-refractivity contribution is 6.46. The Hall–Kier alpha value is -1.75. The van der Waals surface area contributed by atoms with Crippen molar-refractivity contribution in [3.8, 4) is 11.5 Å². The molecular formula is C12H11ClO5. The summed E-state index contributed by atoms with van der Waals surface area (Å²) in [4.78, 5) is 23.4. The van der Waals surface area contributed by atoms with Crippen molar-refractivity contribution < 1.29 is 23.8 Å². The Morgan fingerprint density at radius 2 is 2.17 bits per heavy atom. The molecule has 1 aromatic rings. The van der Waals surface area contributed by atoms with E-state index in [-0.39, 0.29) is 24.0 Å². The number of carbonyl (C=O) groups excluding carboxylic acids is 2. The van der Waals surface area contributed by atoms with Gasteiger partial charge in [-0.1, -0.05) is 11.6 Å². The Labute approximate surface area is 109 Å². The van der Waals surface area contributed by atoms with Gasteiger partial charge in [0.15, 0.2) is 11.5 Å². The standard InChI is InChI=1S/C12H11ClO5/c1-3-16-12(15)10(14)9-6(2)11-8(4-7(9)13)17-5-18-11/h4H,3,5H2,1-2H3. The normalized spacial score (nSPS) is 12.4. The third-order valence-electron chi connectivity index (χ3n) is 2.54. The zero-order chi connectivity index (χ0) is 13.3. The Balaban J connectivity index is 2.45. The van der Waals surface area contributed by atoms with Crippen LogP contribution in [0.3, 0.4) is 0 Å². The minimum absolute atomic E-state index is 0.0730. The quantitative estimate of drug-likeness (QED) is 0.478. The van der Waals surface area contributed by atoms with Crippen molar-refractivity contribution in [2.45, 2.75) is 13.8 Å². The molecule has 0 aliphatic carbocycles. The number of hydrogen-bond acceptors (Lipinski definition) is 5. The number of benzene rings is 1. The first kappa shape index (κ1) is 12.7. The molecule has 1 aliphatic rings. The van der Waals surface area contributed by atoms with E-state index in [0.717, 1.165) is 0 Å². The smallest absolute Gasteiger partial charge is 0.379 e. The molecule has 1 aromatic carbocycles. The van der Waals surface area contributed by atoms with Gasteiger partial charge in [0.2, 0.25) is 6.79 Å². The summed E-state index contributed by atoms with van der Waals surface area (Å²) in [6.07, 6.45) is 0. The fraction of sp³-hybridized carbons (Fsp3) is 0.333. The Morgan fingerprint density at radius 3 is 2.83 bits per heavy atom. The number of ether oxygens (including phenoxy) is 3. The van der Waals surface area contributed by atoms with Gasteiger partial charge in [-0.15, -0.1) is 0 Å². The Kier molecular flexibility index (Phi) is 3.43. The van der Waals surface area contributed by atoms with E-state index in [1.165, 1.54) is 6.07 Å². The van der Waals surface area contributed by atoms with E-state index in [4.69, 9.17) is 21.1 Å². The zero-order valence-electron chi connectivity index (χ0n) is 9.91. The summed E-state index contributed by atoms with van der Waals surface area (Å²) >= 11 is 5.99. The highest BCUT2D eigenvalue weighted by atomic mass is 35.5. The van der Waals surface area contributed by atoms with Gasteiger partial charge in [-0.25, -0.2) is 4.79 Å². The Morgan fingerprint density at radius 1 is 1.44 bits per heavy atom. The van der Waals surface area contributed by atoms with Crippen molar-refractivity contribution in [2.75, 3.05) is 13.4 Å². The highest BCUT2D eigenvalue weighted by Crippen LogP contribution is 2.41. The minimum Gasteiger partial charge on any atom is -0.460 e. The summed E-state index contributed by atoms with van der Waals surface area (Å²) in [6, 6.07) is 1.46. The van der Waals surface area contributed by atoms with Crippen molar-refractivity contribution in [3.05, 3.63) is 22.2 Å². The molecule has 0 fully saturated rings. The van der Waals surface area contributed by atoms with Crippen LogP contribution in [0, 0.1) is 6.92 Å². The molecule has 0 bridgehead atoms. The summed E-state index contributed by atoms with van der Waals surface area (Å²) < 4.78 is 15.1. The first-order valence-corrected chi connectivity index (χ1v) is 5.74. The molecule has 0 radical (unpaired) electrons. The first-order chi connectivity index (χ1) is 8.56. The van der Waals surface area contributed by atoms with Crippen LogP contribution in [0.2, 0.25) is 5.02 Å². The molecule has 0 saturated carbocycles. The lowest BCUT2D eigenvalue weighted by molar-refractivity contribution is -0.137. The second kappa shape index (κ2) is 4.86. The molecule has 1 aliphatic heterocycles. The number of carbonyl (C=O) groups is 2. The molecule has 0 aromatic heterocycles. The van der Waals surface area contributed by atoms with Crippen molar-refractivity contribution in [3.63, 3.8) is 0 Å². The molecule has 2 rings (SSSR count). The Bertz CT molecular complexity index is 524. The maximum atomic E-state index is 11.9. The molecule has 6 heteroatoms. The molecule has 0 amide bonds. The molecule has 0 atom stereocenters. The lowest BCUT2D eigenvalue weighted by atomic mass is 10.0. The number of Topliss-reactive ketones (excluding diaryl/α,β-unsaturated/α-hetero) is 1. The third-order valence-corrected chi connectivity index (χ3v) is 2.84. The van der Waals surface area contributed by atoms with Gasteiger partial charge < -0.3 is 14.2 Å². The van der Waals surface area contributed by atoms with Crippen LogP contribution in [0.5, 0.6) is 11.5 Å². The van der Waals surface area contributed by atoms with Crippen LogP contribution >= 0.6 is 11.6 Å². The first-order valence-electron chi connectivity index (χ1n) is 5.36. The summed E-state index contributed by atoms with van der Waals surface area (Å²) in [5, 5.41) is 0.148. The lowest BCUT2D eigenvalue weighted by Gasteiger charge is -2.09. The average molecular weight is 271 g/mol. The van der Waals surface area contributed by atoms with Crippen LogP contribution in [0.15, 0.2) is 6.07 Å². The van der Waals surface area contributed by atoms with Gasteiger partial charge >= 0.3 is 5.97 Å². The van der Waals surface area contributed by atoms with E-state index in [1.54, 1.807) is 13.8 Å². The minimum atomic E-state index is -0.929. The molecule has 1 heterocycles. The number of ketones is 1. The molecular weight excluding hydrogens is 260 g/mol. The van der Waals surface area contributed by atoms with Gasteiger partial charge in [0.1, 0.15) is 0 Å². The number of rotatable bonds is 3. The monoisotopic (exact) mass is 270 g/mol. The fourth-order valence-electron chi connectivity index (χ4n) is 1.75. The van der Waals surface area contributed by atoms with Gasteiger partial charge in [-0.05, 0) is 13.8 Å². The summed E-state index contributed by atoms with van der Waals surface area (Å²) in [5.74, 6) is -0.802. The summed E-state index contributed by atoms with van der Waals surface area (Å²) in [6.45, 7) is 3.47. The maximum Gasteiger partial charge on any atom is 0.379 e. The van der Waals surface area contributed by atoms with E-state index in [0.29, 0.717) is 17.1 Å².